The van der Waals surface area contributed by atoms with Crippen molar-refractivity contribution in [2.24, 2.45) is 5.41 Å². The van der Waals surface area contributed by atoms with Gasteiger partial charge in [0.05, 0.1) is 19.8 Å². The first kappa shape index (κ1) is 21.2. The van der Waals surface area contributed by atoms with E-state index in [9.17, 15) is 4.79 Å². The first-order chi connectivity index (χ1) is 14.3. The van der Waals surface area contributed by atoms with Gasteiger partial charge in [0.15, 0.2) is 17.3 Å². The molecule has 5 heteroatoms. The van der Waals surface area contributed by atoms with Crippen LogP contribution in [0.4, 0.5) is 0 Å². The van der Waals surface area contributed by atoms with Crippen LogP contribution in [0.5, 0.6) is 11.5 Å². The normalized spacial score (nSPS) is 26.6. The summed E-state index contributed by atoms with van der Waals surface area (Å²) in [5.41, 5.74) is 2.64. The van der Waals surface area contributed by atoms with Crippen molar-refractivity contribution in [3.8, 4) is 11.5 Å². The van der Waals surface area contributed by atoms with Crippen LogP contribution in [-0.4, -0.2) is 25.8 Å². The molecule has 164 valence electrons. The molecule has 3 aliphatic rings. The quantitative estimate of drug-likeness (QED) is 0.539. The summed E-state index contributed by atoms with van der Waals surface area (Å²) in [6.07, 6.45) is 6.99. The van der Waals surface area contributed by atoms with Crippen LogP contribution < -0.4 is 9.47 Å². The number of ether oxygens (including phenoxy) is 4. The third kappa shape index (κ3) is 3.51. The Kier molecular flexibility index (Phi) is 5.60. The Morgan fingerprint density at radius 2 is 1.83 bits per heavy atom. The maximum atomic E-state index is 13.0. The predicted octanol–water partition coefficient (Wildman–Crippen LogP) is 5.66. The minimum Gasteiger partial charge on any atom is -0.493 e. The molecule has 0 N–H and O–H groups in total. The topological polar surface area (TPSA) is 54.0 Å². The lowest BCUT2D eigenvalue weighted by molar-refractivity contribution is -0.271. The summed E-state index contributed by atoms with van der Waals surface area (Å²) in [6, 6.07) is 4.00. The van der Waals surface area contributed by atoms with Gasteiger partial charge in [0.25, 0.3) is 0 Å². The van der Waals surface area contributed by atoms with E-state index in [2.05, 4.69) is 20.8 Å². The molecule has 2 aliphatic heterocycles. The maximum Gasteiger partial charge on any atom is 0.215 e. The molecule has 0 saturated heterocycles. The Hall–Kier alpha value is -2.01. The summed E-state index contributed by atoms with van der Waals surface area (Å²) in [5.74, 6) is 1.61. The van der Waals surface area contributed by atoms with Gasteiger partial charge in [0, 0.05) is 24.7 Å². The number of ketones is 1. The predicted molar refractivity (Wildman–Crippen MR) is 115 cm³/mol. The van der Waals surface area contributed by atoms with E-state index in [1.54, 1.807) is 14.2 Å². The molecule has 1 aliphatic carbocycles. The van der Waals surface area contributed by atoms with Gasteiger partial charge in [-0.2, -0.15) is 0 Å². The second kappa shape index (κ2) is 7.92. The van der Waals surface area contributed by atoms with Crippen LogP contribution in [0.1, 0.15) is 82.9 Å². The highest BCUT2D eigenvalue weighted by Crippen LogP contribution is 2.56. The number of unbranched alkanes of at least 4 members (excludes halogenated alkanes) is 3. The molecule has 4 rings (SSSR count). The molecule has 2 bridgehead atoms. The lowest BCUT2D eigenvalue weighted by Crippen LogP contribution is -2.50. The standard InChI is InChI=1S/C25H34O5/c1-6-7-8-9-11-25-15-16-13-19(27-4)20(28-5)14-17(16)22(29-25)21-18(26)10-12-24(2,3)23(21)30-25/h13-14,22H,6-12,15H2,1-5H3. The van der Waals surface area contributed by atoms with Crippen molar-refractivity contribution in [2.75, 3.05) is 14.2 Å². The highest BCUT2D eigenvalue weighted by Gasteiger charge is 2.53. The average molecular weight is 415 g/mol. The molecular formula is C25H34O5. The molecular weight excluding hydrogens is 380 g/mol. The summed E-state index contributed by atoms with van der Waals surface area (Å²) < 4.78 is 24.4. The molecule has 2 atom stereocenters. The summed E-state index contributed by atoms with van der Waals surface area (Å²) in [4.78, 5) is 13.0. The van der Waals surface area contributed by atoms with Crippen molar-refractivity contribution in [2.45, 2.75) is 84.0 Å². The number of benzene rings is 1. The van der Waals surface area contributed by atoms with E-state index in [0.29, 0.717) is 29.9 Å². The molecule has 0 fully saturated rings. The number of rotatable bonds is 7. The van der Waals surface area contributed by atoms with Gasteiger partial charge >= 0.3 is 0 Å². The van der Waals surface area contributed by atoms with Crippen LogP contribution in [-0.2, 0) is 20.7 Å². The Labute approximate surface area is 179 Å². The van der Waals surface area contributed by atoms with E-state index in [-0.39, 0.29) is 11.2 Å². The monoisotopic (exact) mass is 414 g/mol. The van der Waals surface area contributed by atoms with Crippen LogP contribution in [0.15, 0.2) is 23.5 Å². The number of hydrogen-bond donors (Lipinski definition) is 0. The Morgan fingerprint density at radius 1 is 1.10 bits per heavy atom. The molecule has 0 spiro atoms. The summed E-state index contributed by atoms with van der Waals surface area (Å²) in [6.45, 7) is 6.57. The lowest BCUT2D eigenvalue weighted by atomic mass is 9.72. The Bertz CT molecular complexity index is 869. The number of Topliss-reactive ketones (excluding diaryl/α,β-unsaturated/α-hetero) is 1. The molecule has 1 aromatic rings. The largest absolute Gasteiger partial charge is 0.493 e. The van der Waals surface area contributed by atoms with Gasteiger partial charge in [0.1, 0.15) is 11.9 Å². The summed E-state index contributed by atoms with van der Waals surface area (Å²) in [7, 11) is 3.28. The van der Waals surface area contributed by atoms with E-state index in [1.165, 1.54) is 12.8 Å². The molecule has 30 heavy (non-hydrogen) atoms. The van der Waals surface area contributed by atoms with Gasteiger partial charge in [0.2, 0.25) is 5.79 Å². The van der Waals surface area contributed by atoms with Crippen LogP contribution in [0, 0.1) is 5.41 Å². The molecule has 2 unspecified atom stereocenters. The first-order valence-corrected chi connectivity index (χ1v) is 11.2. The third-order valence-electron chi connectivity index (χ3n) is 6.82. The van der Waals surface area contributed by atoms with Crippen LogP contribution in [0.25, 0.3) is 0 Å². The van der Waals surface area contributed by atoms with Gasteiger partial charge in [-0.3, -0.25) is 4.79 Å². The maximum absolute atomic E-state index is 13.0. The lowest BCUT2D eigenvalue weighted by Gasteiger charge is -2.51. The fourth-order valence-corrected chi connectivity index (χ4v) is 5.05. The smallest absolute Gasteiger partial charge is 0.215 e. The third-order valence-corrected chi connectivity index (χ3v) is 6.82. The zero-order chi connectivity index (χ0) is 21.5. The van der Waals surface area contributed by atoms with Crippen LogP contribution in [0.3, 0.4) is 0 Å². The number of carbonyl (C=O) groups excluding carboxylic acids is 1. The zero-order valence-electron chi connectivity index (χ0n) is 18.9. The van der Waals surface area contributed by atoms with E-state index < -0.39 is 11.9 Å². The van der Waals surface area contributed by atoms with Gasteiger partial charge in [-0.25, -0.2) is 0 Å². The number of fused-ring (bicyclic) bond motifs is 5. The molecule has 0 amide bonds. The summed E-state index contributed by atoms with van der Waals surface area (Å²) >= 11 is 0. The highest BCUT2D eigenvalue weighted by atomic mass is 16.7. The Balaban J connectivity index is 1.82. The van der Waals surface area contributed by atoms with E-state index in [0.717, 1.165) is 42.6 Å². The van der Waals surface area contributed by atoms with Crippen LogP contribution in [0.2, 0.25) is 0 Å². The molecule has 0 radical (unpaired) electrons. The summed E-state index contributed by atoms with van der Waals surface area (Å²) in [5, 5.41) is 0. The molecule has 5 nitrogen and oxygen atoms in total. The van der Waals surface area contributed by atoms with Gasteiger partial charge in [-0.05, 0) is 36.1 Å². The van der Waals surface area contributed by atoms with E-state index in [1.807, 2.05) is 12.1 Å². The van der Waals surface area contributed by atoms with Crippen LogP contribution >= 0.6 is 0 Å². The van der Waals surface area contributed by atoms with Crippen molar-refractivity contribution in [3.05, 3.63) is 34.6 Å². The minimum absolute atomic E-state index is 0.136. The number of allylic oxidation sites excluding steroid dienone is 1. The average Bonchev–Trinajstić information content (AvgIpc) is 2.73. The minimum atomic E-state index is -0.723. The van der Waals surface area contributed by atoms with Crippen molar-refractivity contribution in [1.29, 1.82) is 0 Å². The number of hydrogen-bond acceptors (Lipinski definition) is 5. The van der Waals surface area contributed by atoms with E-state index >= 15 is 0 Å². The second-order valence-electron chi connectivity index (χ2n) is 9.45. The molecule has 1 aromatic carbocycles. The van der Waals surface area contributed by atoms with E-state index in [4.69, 9.17) is 18.9 Å². The Morgan fingerprint density at radius 3 is 2.53 bits per heavy atom. The molecule has 0 aromatic heterocycles. The molecule has 2 heterocycles. The fraction of sp³-hybridized carbons (Fsp3) is 0.640. The van der Waals surface area contributed by atoms with Crippen molar-refractivity contribution in [1.82, 2.24) is 0 Å². The second-order valence-corrected chi connectivity index (χ2v) is 9.45. The van der Waals surface area contributed by atoms with Gasteiger partial charge < -0.3 is 18.9 Å². The van der Waals surface area contributed by atoms with Crippen molar-refractivity contribution >= 4 is 5.78 Å². The number of methoxy groups -OCH3 is 2. The van der Waals surface area contributed by atoms with Gasteiger partial charge in [-0.1, -0.05) is 40.0 Å². The zero-order valence-corrected chi connectivity index (χ0v) is 18.9. The fourth-order valence-electron chi connectivity index (χ4n) is 5.05. The number of carbonyl (C=O) groups is 1. The molecule has 0 saturated carbocycles. The van der Waals surface area contributed by atoms with Crippen molar-refractivity contribution < 1.29 is 23.7 Å². The SMILES string of the molecule is CCCCCCC12Cc3cc(OC)c(OC)cc3C(O1)C1=C(O2)C(C)(C)CCC1=O. The van der Waals surface area contributed by atoms with Gasteiger partial charge in [-0.15, -0.1) is 0 Å². The first-order valence-electron chi connectivity index (χ1n) is 11.2. The van der Waals surface area contributed by atoms with Crippen molar-refractivity contribution in [3.63, 3.8) is 0 Å². The highest BCUT2D eigenvalue weighted by molar-refractivity contribution is 5.98.